The number of carboxylic acids is 1. The maximum atomic E-state index is 13.0. The van der Waals surface area contributed by atoms with Crippen molar-refractivity contribution in [1.82, 2.24) is 0 Å². The molecule has 2 unspecified atom stereocenters. The number of carbonyl (C=O) groups is 1. The smallest absolute Gasteiger partial charge is 0.347 e. The van der Waals surface area contributed by atoms with Crippen LogP contribution in [0.2, 0.25) is 0 Å². The van der Waals surface area contributed by atoms with Crippen LogP contribution in [0.1, 0.15) is 101 Å². The molecule has 1 saturated heterocycles. The largest absolute Gasteiger partial charge is 0.478 e. The monoisotopic (exact) mass is 504 g/mol. The lowest BCUT2D eigenvalue weighted by molar-refractivity contribution is -0.138. The van der Waals surface area contributed by atoms with Gasteiger partial charge in [0, 0.05) is 11.4 Å². The quantitative estimate of drug-likeness (QED) is 0.305. The van der Waals surface area contributed by atoms with E-state index in [-0.39, 0.29) is 23.7 Å². The predicted molar refractivity (Wildman–Crippen MR) is 145 cm³/mol. The first kappa shape index (κ1) is 26.7. The Hall–Kier alpha value is -1.91. The highest BCUT2D eigenvalue weighted by molar-refractivity contribution is 6.33. The van der Waals surface area contributed by atoms with Gasteiger partial charge in [-0.2, -0.15) is 0 Å². The van der Waals surface area contributed by atoms with E-state index >= 15 is 0 Å². The van der Waals surface area contributed by atoms with Crippen LogP contribution in [0, 0.1) is 0 Å². The van der Waals surface area contributed by atoms with E-state index in [1.807, 2.05) is 21.9 Å². The molecule has 0 radical (unpaired) electrons. The van der Waals surface area contributed by atoms with Crippen molar-refractivity contribution in [3.05, 3.63) is 58.7 Å². The van der Waals surface area contributed by atoms with Crippen molar-refractivity contribution in [1.29, 1.82) is 0 Å². The predicted octanol–water partition coefficient (Wildman–Crippen LogP) is 8.05. The first-order valence-corrected chi connectivity index (χ1v) is 13.1. The summed E-state index contributed by atoms with van der Waals surface area (Å²) in [7, 11) is 0. The Morgan fingerprint density at radius 1 is 0.676 bits per heavy atom. The van der Waals surface area contributed by atoms with Gasteiger partial charge in [0.05, 0.1) is 0 Å². The number of hydrogen-bond acceptors (Lipinski definition) is 3. The average Bonchev–Trinajstić information content (AvgIpc) is 3.02. The molecule has 1 aliphatic rings. The maximum absolute atomic E-state index is 13.0. The number of anilines is 2. The standard InChI is InChI=1S/C28H38Cl2N2O2/c1-15(2)19-11-9-12-20(16(3)4)23(19)31-25(29)26(30)32(27(31)28(33)34)24-21(17(5)6)13-10-14-22(24)18(7)8/h9-18,25-27H,1-8H3,(H,33,34). The zero-order chi connectivity index (χ0) is 25.5. The number of halogens is 2. The van der Waals surface area contributed by atoms with E-state index in [2.05, 4.69) is 79.7 Å². The van der Waals surface area contributed by atoms with E-state index in [9.17, 15) is 9.90 Å². The summed E-state index contributed by atoms with van der Waals surface area (Å²) in [6.45, 7) is 17.0. The van der Waals surface area contributed by atoms with Crippen LogP contribution in [0.25, 0.3) is 0 Å². The Balaban J connectivity index is 2.34. The summed E-state index contributed by atoms with van der Waals surface area (Å²) < 4.78 is 0. The van der Waals surface area contributed by atoms with E-state index in [4.69, 9.17) is 23.2 Å². The third-order valence-corrected chi connectivity index (χ3v) is 7.73. The van der Waals surface area contributed by atoms with E-state index in [1.54, 1.807) is 0 Å². The number of rotatable bonds is 7. The fourth-order valence-corrected chi connectivity index (χ4v) is 5.67. The summed E-state index contributed by atoms with van der Waals surface area (Å²) in [5.74, 6) is -0.170. The molecule has 0 aliphatic carbocycles. The molecular formula is C28H38Cl2N2O2. The molecule has 0 bridgehead atoms. The molecule has 2 aromatic rings. The average molecular weight is 506 g/mol. The Kier molecular flexibility index (Phi) is 8.14. The Morgan fingerprint density at radius 2 is 0.941 bits per heavy atom. The molecular weight excluding hydrogens is 467 g/mol. The zero-order valence-corrected chi connectivity index (χ0v) is 23.0. The van der Waals surface area contributed by atoms with Crippen molar-refractivity contribution in [3.63, 3.8) is 0 Å². The molecule has 1 N–H and O–H groups in total. The molecule has 2 atom stereocenters. The molecule has 4 nitrogen and oxygen atoms in total. The van der Waals surface area contributed by atoms with Crippen molar-refractivity contribution in [2.24, 2.45) is 0 Å². The number of para-hydroxylation sites is 2. The van der Waals surface area contributed by atoms with Crippen LogP contribution in [0.4, 0.5) is 11.4 Å². The van der Waals surface area contributed by atoms with Crippen LogP contribution < -0.4 is 9.80 Å². The number of aliphatic carboxylic acids is 1. The van der Waals surface area contributed by atoms with Crippen LogP contribution in [-0.2, 0) is 4.79 Å². The van der Waals surface area contributed by atoms with E-state index < -0.39 is 23.1 Å². The van der Waals surface area contributed by atoms with Crippen molar-refractivity contribution >= 4 is 40.5 Å². The molecule has 0 spiro atoms. The summed E-state index contributed by atoms with van der Waals surface area (Å²) >= 11 is 14.1. The van der Waals surface area contributed by atoms with Crippen LogP contribution in [-0.4, -0.2) is 28.2 Å². The summed E-state index contributed by atoms with van der Waals surface area (Å²) in [6.07, 6.45) is -1.03. The number of alkyl halides is 2. The lowest BCUT2D eigenvalue weighted by atomic mass is 9.91. The van der Waals surface area contributed by atoms with Crippen LogP contribution >= 0.6 is 23.2 Å². The van der Waals surface area contributed by atoms with Gasteiger partial charge in [0.25, 0.3) is 0 Å². The molecule has 1 aliphatic heterocycles. The third kappa shape index (κ3) is 4.64. The van der Waals surface area contributed by atoms with Gasteiger partial charge in [-0.3, -0.25) is 0 Å². The van der Waals surface area contributed by atoms with Gasteiger partial charge < -0.3 is 14.9 Å². The molecule has 3 rings (SSSR count). The number of hydrogen-bond donors (Lipinski definition) is 1. The molecule has 1 fully saturated rings. The third-order valence-electron chi connectivity index (χ3n) is 6.71. The lowest BCUT2D eigenvalue weighted by Crippen LogP contribution is -2.48. The Labute approximate surface area is 214 Å². The number of benzene rings is 2. The molecule has 0 saturated carbocycles. The molecule has 6 heteroatoms. The molecule has 186 valence electrons. The summed E-state index contributed by atoms with van der Waals surface area (Å²) in [4.78, 5) is 16.7. The minimum atomic E-state index is -1.03. The SMILES string of the molecule is CC(C)c1cccc(C(C)C)c1N1C(Cl)C(Cl)N(c2c(C(C)C)cccc2C(C)C)C1C(=O)O. The molecule has 0 amide bonds. The van der Waals surface area contributed by atoms with Crippen LogP contribution in [0.5, 0.6) is 0 Å². The number of carboxylic acid groups (broad SMARTS) is 1. The van der Waals surface area contributed by atoms with Gasteiger partial charge in [-0.05, 0) is 45.9 Å². The van der Waals surface area contributed by atoms with E-state index in [0.29, 0.717) is 0 Å². The second kappa shape index (κ2) is 10.4. The van der Waals surface area contributed by atoms with Gasteiger partial charge >= 0.3 is 5.97 Å². The molecule has 0 aromatic heterocycles. The van der Waals surface area contributed by atoms with Crippen molar-refractivity contribution in [3.8, 4) is 0 Å². The minimum absolute atomic E-state index is 0.198. The Morgan fingerprint density at radius 3 is 1.15 bits per heavy atom. The van der Waals surface area contributed by atoms with Gasteiger partial charge in [-0.25, -0.2) is 4.79 Å². The topological polar surface area (TPSA) is 43.8 Å². The van der Waals surface area contributed by atoms with Gasteiger partial charge in [-0.1, -0.05) is 115 Å². The van der Waals surface area contributed by atoms with Crippen LogP contribution in [0.3, 0.4) is 0 Å². The van der Waals surface area contributed by atoms with Gasteiger partial charge in [-0.15, -0.1) is 0 Å². The molecule has 1 heterocycles. The fourth-order valence-electron chi connectivity index (χ4n) is 5.02. The highest BCUT2D eigenvalue weighted by Gasteiger charge is 2.52. The van der Waals surface area contributed by atoms with E-state index in [1.165, 1.54) is 0 Å². The fraction of sp³-hybridized carbons (Fsp3) is 0.536. The first-order chi connectivity index (χ1) is 15.9. The Bertz CT molecular complexity index is 907. The first-order valence-electron chi connectivity index (χ1n) is 12.2. The van der Waals surface area contributed by atoms with Crippen molar-refractivity contribution in [2.75, 3.05) is 9.80 Å². The summed E-state index contributed by atoms with van der Waals surface area (Å²) in [5, 5.41) is 10.6. The number of nitrogens with zero attached hydrogens (tertiary/aromatic N) is 2. The van der Waals surface area contributed by atoms with E-state index in [0.717, 1.165) is 33.6 Å². The van der Waals surface area contributed by atoms with Crippen molar-refractivity contribution in [2.45, 2.75) is 96.2 Å². The second-order valence-corrected chi connectivity index (χ2v) is 11.4. The van der Waals surface area contributed by atoms with Gasteiger partial charge in [0.2, 0.25) is 6.17 Å². The summed E-state index contributed by atoms with van der Waals surface area (Å²) in [5.41, 5.74) is 4.65. The normalized spacial score (nSPS) is 20.9. The summed E-state index contributed by atoms with van der Waals surface area (Å²) in [6, 6.07) is 12.4. The molecule has 34 heavy (non-hydrogen) atoms. The van der Waals surface area contributed by atoms with Crippen molar-refractivity contribution < 1.29 is 9.90 Å². The second-order valence-electron chi connectivity index (χ2n) is 10.5. The maximum Gasteiger partial charge on any atom is 0.347 e. The highest BCUT2D eigenvalue weighted by Crippen LogP contribution is 2.48. The van der Waals surface area contributed by atoms with Gasteiger partial charge in [0.15, 0.2) is 0 Å². The van der Waals surface area contributed by atoms with Gasteiger partial charge in [0.1, 0.15) is 11.0 Å². The highest BCUT2D eigenvalue weighted by atomic mass is 35.5. The zero-order valence-electron chi connectivity index (χ0n) is 21.5. The van der Waals surface area contributed by atoms with Crippen LogP contribution in [0.15, 0.2) is 36.4 Å². The molecule has 2 aromatic carbocycles. The lowest BCUT2D eigenvalue weighted by Gasteiger charge is -2.36. The minimum Gasteiger partial charge on any atom is -0.478 e.